The third kappa shape index (κ3) is 5.01. The molecule has 0 aliphatic heterocycles. The van der Waals surface area contributed by atoms with Crippen LogP contribution in [0, 0.1) is 11.7 Å². The van der Waals surface area contributed by atoms with Crippen LogP contribution >= 0.6 is 0 Å². The Labute approximate surface area is 125 Å². The van der Waals surface area contributed by atoms with E-state index in [1.807, 2.05) is 20.8 Å². The summed E-state index contributed by atoms with van der Waals surface area (Å²) in [7, 11) is 2.80. The molecule has 2 unspecified atom stereocenters. The van der Waals surface area contributed by atoms with Crippen LogP contribution in [-0.2, 0) is 9.53 Å². The summed E-state index contributed by atoms with van der Waals surface area (Å²) in [4.78, 5) is 11.8. The van der Waals surface area contributed by atoms with E-state index in [0.29, 0.717) is 12.3 Å². The molecular formula is C16H24FNO3. The van der Waals surface area contributed by atoms with Crippen molar-refractivity contribution in [3.05, 3.63) is 29.6 Å². The lowest BCUT2D eigenvalue weighted by Gasteiger charge is -2.23. The molecule has 4 nitrogen and oxygen atoms in total. The number of carbonyl (C=O) groups is 1. The molecule has 1 N–H and O–H groups in total. The highest BCUT2D eigenvalue weighted by atomic mass is 19.1. The van der Waals surface area contributed by atoms with Gasteiger partial charge in [-0.3, -0.25) is 10.1 Å². The van der Waals surface area contributed by atoms with Gasteiger partial charge < -0.3 is 9.47 Å². The van der Waals surface area contributed by atoms with Crippen LogP contribution in [0.3, 0.4) is 0 Å². The van der Waals surface area contributed by atoms with Gasteiger partial charge in [-0.15, -0.1) is 0 Å². The number of nitrogens with one attached hydrogen (secondary N) is 1. The lowest BCUT2D eigenvalue weighted by atomic mass is 10.0. The second kappa shape index (κ2) is 7.98. The van der Waals surface area contributed by atoms with Crippen molar-refractivity contribution in [3.8, 4) is 5.75 Å². The first-order valence-electron chi connectivity index (χ1n) is 7.06. The van der Waals surface area contributed by atoms with Crippen LogP contribution in [0.4, 0.5) is 4.39 Å². The van der Waals surface area contributed by atoms with E-state index in [4.69, 9.17) is 9.47 Å². The van der Waals surface area contributed by atoms with Gasteiger partial charge in [0.05, 0.1) is 14.2 Å². The van der Waals surface area contributed by atoms with E-state index in [1.165, 1.54) is 20.3 Å². The zero-order valence-electron chi connectivity index (χ0n) is 13.3. The summed E-state index contributed by atoms with van der Waals surface area (Å²) in [6, 6.07) is 4.20. The molecule has 0 heterocycles. The van der Waals surface area contributed by atoms with Crippen molar-refractivity contribution in [1.82, 2.24) is 5.32 Å². The number of ether oxygens (including phenoxy) is 2. The van der Waals surface area contributed by atoms with Gasteiger partial charge in [-0.1, -0.05) is 19.9 Å². The van der Waals surface area contributed by atoms with Crippen molar-refractivity contribution in [2.45, 2.75) is 39.3 Å². The molecule has 1 aromatic rings. The number of rotatable bonds is 7. The Morgan fingerprint density at radius 1 is 1.29 bits per heavy atom. The largest absolute Gasteiger partial charge is 0.494 e. The van der Waals surface area contributed by atoms with Gasteiger partial charge in [0.15, 0.2) is 11.6 Å². The normalized spacial score (nSPS) is 13.9. The second-order valence-corrected chi connectivity index (χ2v) is 5.49. The fraction of sp³-hybridized carbons (Fsp3) is 0.562. The predicted octanol–water partition coefficient (Wildman–Crippen LogP) is 3.07. The molecule has 2 atom stereocenters. The lowest BCUT2D eigenvalue weighted by Crippen LogP contribution is -2.40. The first kappa shape index (κ1) is 17.4. The molecule has 0 radical (unpaired) electrons. The number of halogens is 1. The SMILES string of the molecule is COC(=O)C(CC(C)C)NC(C)c1ccc(OC)c(F)c1. The second-order valence-electron chi connectivity index (χ2n) is 5.49. The molecule has 21 heavy (non-hydrogen) atoms. The Morgan fingerprint density at radius 3 is 2.43 bits per heavy atom. The number of esters is 1. The van der Waals surface area contributed by atoms with E-state index >= 15 is 0 Å². The predicted molar refractivity (Wildman–Crippen MR) is 79.8 cm³/mol. The van der Waals surface area contributed by atoms with Gasteiger partial charge >= 0.3 is 5.97 Å². The Hall–Kier alpha value is -1.62. The Balaban J connectivity index is 2.83. The quantitative estimate of drug-likeness (QED) is 0.786. The van der Waals surface area contributed by atoms with E-state index in [1.54, 1.807) is 12.1 Å². The molecule has 0 aliphatic rings. The van der Waals surface area contributed by atoms with Gasteiger partial charge in [0, 0.05) is 6.04 Å². The van der Waals surface area contributed by atoms with Gasteiger partial charge in [0.1, 0.15) is 6.04 Å². The highest BCUT2D eigenvalue weighted by molar-refractivity contribution is 5.75. The molecule has 0 bridgehead atoms. The number of hydrogen-bond acceptors (Lipinski definition) is 4. The zero-order chi connectivity index (χ0) is 16.0. The molecular weight excluding hydrogens is 273 g/mol. The first-order chi connectivity index (χ1) is 9.88. The number of methoxy groups -OCH3 is 2. The maximum Gasteiger partial charge on any atom is 0.322 e. The summed E-state index contributed by atoms with van der Waals surface area (Å²) in [5, 5.41) is 3.20. The van der Waals surface area contributed by atoms with Crippen molar-refractivity contribution in [3.63, 3.8) is 0 Å². The van der Waals surface area contributed by atoms with Crippen molar-refractivity contribution >= 4 is 5.97 Å². The van der Waals surface area contributed by atoms with E-state index in [2.05, 4.69) is 5.32 Å². The van der Waals surface area contributed by atoms with Crippen LogP contribution in [0.15, 0.2) is 18.2 Å². The van der Waals surface area contributed by atoms with Crippen LogP contribution in [-0.4, -0.2) is 26.2 Å². The summed E-state index contributed by atoms with van der Waals surface area (Å²) in [6.45, 7) is 5.96. The molecule has 1 aromatic carbocycles. The average molecular weight is 297 g/mol. The fourth-order valence-corrected chi connectivity index (χ4v) is 2.20. The van der Waals surface area contributed by atoms with Gasteiger partial charge in [-0.2, -0.15) is 0 Å². The van der Waals surface area contributed by atoms with Crippen LogP contribution < -0.4 is 10.1 Å². The third-order valence-electron chi connectivity index (χ3n) is 3.32. The van der Waals surface area contributed by atoms with E-state index < -0.39 is 11.9 Å². The van der Waals surface area contributed by atoms with E-state index in [0.717, 1.165) is 5.56 Å². The van der Waals surface area contributed by atoms with Crippen molar-refractivity contribution in [2.24, 2.45) is 5.92 Å². The standard InChI is InChI=1S/C16H24FNO3/c1-10(2)8-14(16(19)21-5)18-11(3)12-6-7-15(20-4)13(17)9-12/h6-7,9-11,14,18H,8H2,1-5H3. The van der Waals surface area contributed by atoms with Crippen molar-refractivity contribution in [1.29, 1.82) is 0 Å². The fourth-order valence-electron chi connectivity index (χ4n) is 2.20. The lowest BCUT2D eigenvalue weighted by molar-refractivity contribution is -0.143. The Bertz CT molecular complexity index is 477. The molecule has 5 heteroatoms. The molecule has 0 fully saturated rings. The van der Waals surface area contributed by atoms with Crippen molar-refractivity contribution in [2.75, 3.05) is 14.2 Å². The minimum atomic E-state index is -0.415. The molecule has 0 saturated heterocycles. The molecule has 0 spiro atoms. The highest BCUT2D eigenvalue weighted by Gasteiger charge is 2.23. The van der Waals surface area contributed by atoms with Crippen LogP contribution in [0.5, 0.6) is 5.75 Å². The number of benzene rings is 1. The van der Waals surface area contributed by atoms with Gasteiger partial charge in [-0.05, 0) is 37.0 Å². The highest BCUT2D eigenvalue weighted by Crippen LogP contribution is 2.22. The first-order valence-corrected chi connectivity index (χ1v) is 7.06. The average Bonchev–Trinajstić information content (AvgIpc) is 2.44. The molecule has 0 saturated carbocycles. The van der Waals surface area contributed by atoms with Crippen LogP contribution in [0.25, 0.3) is 0 Å². The Kier molecular flexibility index (Phi) is 6.62. The zero-order valence-corrected chi connectivity index (χ0v) is 13.3. The summed E-state index contributed by atoms with van der Waals surface area (Å²) >= 11 is 0. The maximum absolute atomic E-state index is 13.7. The van der Waals surface area contributed by atoms with Gasteiger partial charge in [-0.25, -0.2) is 4.39 Å². The minimum Gasteiger partial charge on any atom is -0.494 e. The Morgan fingerprint density at radius 2 is 1.95 bits per heavy atom. The summed E-state index contributed by atoms with van der Waals surface area (Å²) in [6.07, 6.45) is 0.662. The smallest absolute Gasteiger partial charge is 0.322 e. The van der Waals surface area contributed by atoms with Crippen LogP contribution in [0.2, 0.25) is 0 Å². The van der Waals surface area contributed by atoms with Crippen molar-refractivity contribution < 1.29 is 18.7 Å². The third-order valence-corrected chi connectivity index (χ3v) is 3.32. The topological polar surface area (TPSA) is 47.6 Å². The van der Waals surface area contributed by atoms with E-state index in [-0.39, 0.29) is 17.8 Å². The van der Waals surface area contributed by atoms with Crippen LogP contribution in [0.1, 0.15) is 38.8 Å². The summed E-state index contributed by atoms with van der Waals surface area (Å²) in [5.74, 6) is -0.161. The molecule has 0 aliphatic carbocycles. The summed E-state index contributed by atoms with van der Waals surface area (Å²) in [5.41, 5.74) is 0.756. The molecule has 118 valence electrons. The molecule has 0 amide bonds. The number of hydrogen-bond donors (Lipinski definition) is 1. The van der Waals surface area contributed by atoms with Gasteiger partial charge in [0.2, 0.25) is 0 Å². The monoisotopic (exact) mass is 297 g/mol. The van der Waals surface area contributed by atoms with Gasteiger partial charge in [0.25, 0.3) is 0 Å². The van der Waals surface area contributed by atoms with E-state index in [9.17, 15) is 9.18 Å². The summed E-state index contributed by atoms with van der Waals surface area (Å²) < 4.78 is 23.5. The maximum atomic E-state index is 13.7. The number of carbonyl (C=O) groups excluding carboxylic acids is 1. The minimum absolute atomic E-state index is 0.173. The molecule has 1 rings (SSSR count). The molecule has 0 aromatic heterocycles.